The highest BCUT2D eigenvalue weighted by molar-refractivity contribution is 5.94. The SMILES string of the molecule is CCC(C)C(NC(=O)C(N)CCC(=O)O)C(=O)NC(CO)C(=O)NC(C)C(=O)O. The van der Waals surface area contributed by atoms with E-state index in [4.69, 9.17) is 15.9 Å². The van der Waals surface area contributed by atoms with Crippen LogP contribution in [0.25, 0.3) is 0 Å². The fraction of sp³-hybridized carbons (Fsp3) is 0.706. The van der Waals surface area contributed by atoms with E-state index in [1.165, 1.54) is 6.92 Å². The van der Waals surface area contributed by atoms with Crippen molar-refractivity contribution in [2.24, 2.45) is 11.7 Å². The largest absolute Gasteiger partial charge is 0.481 e. The molecule has 0 aliphatic carbocycles. The molecule has 0 spiro atoms. The van der Waals surface area contributed by atoms with Gasteiger partial charge in [0.1, 0.15) is 18.1 Å². The Morgan fingerprint density at radius 2 is 1.52 bits per heavy atom. The van der Waals surface area contributed by atoms with E-state index in [1.54, 1.807) is 13.8 Å². The molecule has 0 fully saturated rings. The number of aliphatic hydroxyl groups is 1. The second kappa shape index (κ2) is 12.7. The van der Waals surface area contributed by atoms with Crippen LogP contribution in [0.3, 0.4) is 0 Å². The van der Waals surface area contributed by atoms with Crippen molar-refractivity contribution in [2.45, 2.75) is 64.2 Å². The van der Waals surface area contributed by atoms with Gasteiger partial charge < -0.3 is 37.0 Å². The minimum atomic E-state index is -1.42. The molecule has 0 aromatic rings. The summed E-state index contributed by atoms with van der Waals surface area (Å²) in [6, 6.07) is -4.89. The maximum atomic E-state index is 12.6. The summed E-state index contributed by atoms with van der Waals surface area (Å²) in [5.41, 5.74) is 5.65. The molecule has 3 amide bonds. The van der Waals surface area contributed by atoms with Crippen molar-refractivity contribution < 1.29 is 39.3 Å². The number of hydrogen-bond donors (Lipinski definition) is 7. The molecular formula is C17H30N4O8. The Hall–Kier alpha value is -2.73. The van der Waals surface area contributed by atoms with Crippen LogP contribution in [-0.4, -0.2) is 75.8 Å². The zero-order chi connectivity index (χ0) is 22.7. The van der Waals surface area contributed by atoms with Crippen LogP contribution in [0.4, 0.5) is 0 Å². The van der Waals surface area contributed by atoms with Gasteiger partial charge >= 0.3 is 11.9 Å². The van der Waals surface area contributed by atoms with E-state index in [0.717, 1.165) is 0 Å². The van der Waals surface area contributed by atoms with Crippen LogP contribution in [0.2, 0.25) is 0 Å². The predicted octanol–water partition coefficient (Wildman–Crippen LogP) is -2.22. The molecule has 12 nitrogen and oxygen atoms in total. The number of amides is 3. The van der Waals surface area contributed by atoms with Crippen LogP contribution in [0.15, 0.2) is 0 Å². The van der Waals surface area contributed by atoms with Crippen LogP contribution in [-0.2, 0) is 24.0 Å². The van der Waals surface area contributed by atoms with Gasteiger partial charge in [0.25, 0.3) is 0 Å². The monoisotopic (exact) mass is 418 g/mol. The Bertz CT molecular complexity index is 612. The first-order valence-electron chi connectivity index (χ1n) is 9.16. The van der Waals surface area contributed by atoms with Crippen LogP contribution in [0.1, 0.15) is 40.0 Å². The summed E-state index contributed by atoms with van der Waals surface area (Å²) >= 11 is 0. The summed E-state index contributed by atoms with van der Waals surface area (Å²) in [5, 5.41) is 33.7. The van der Waals surface area contributed by atoms with Gasteiger partial charge in [-0.2, -0.15) is 0 Å². The summed E-state index contributed by atoms with van der Waals surface area (Å²) in [7, 11) is 0. The molecule has 166 valence electrons. The molecule has 0 rings (SSSR count). The van der Waals surface area contributed by atoms with Crippen LogP contribution in [0.5, 0.6) is 0 Å². The van der Waals surface area contributed by atoms with E-state index < -0.39 is 60.4 Å². The van der Waals surface area contributed by atoms with E-state index in [-0.39, 0.29) is 18.8 Å². The molecule has 0 aliphatic heterocycles. The topological polar surface area (TPSA) is 208 Å². The van der Waals surface area contributed by atoms with Crippen molar-refractivity contribution in [2.75, 3.05) is 6.61 Å². The average Bonchev–Trinajstić information content (AvgIpc) is 2.66. The zero-order valence-corrected chi connectivity index (χ0v) is 16.7. The summed E-state index contributed by atoms with van der Waals surface area (Å²) in [6.07, 6.45) is 0.0445. The van der Waals surface area contributed by atoms with Gasteiger partial charge in [-0.25, -0.2) is 0 Å². The maximum absolute atomic E-state index is 12.6. The minimum absolute atomic E-state index is 0.120. The number of nitrogens with two attached hydrogens (primary N) is 1. The lowest BCUT2D eigenvalue weighted by Crippen LogP contribution is -2.59. The van der Waals surface area contributed by atoms with Crippen molar-refractivity contribution in [3.05, 3.63) is 0 Å². The lowest BCUT2D eigenvalue weighted by Gasteiger charge is -2.27. The number of rotatable bonds is 13. The summed E-state index contributed by atoms with van der Waals surface area (Å²) in [6.45, 7) is 3.88. The Kier molecular flexibility index (Phi) is 11.5. The van der Waals surface area contributed by atoms with Gasteiger partial charge in [0, 0.05) is 6.42 Å². The second-order valence-corrected chi connectivity index (χ2v) is 6.72. The fourth-order valence-corrected chi connectivity index (χ4v) is 2.20. The van der Waals surface area contributed by atoms with E-state index in [2.05, 4.69) is 16.0 Å². The minimum Gasteiger partial charge on any atom is -0.481 e. The smallest absolute Gasteiger partial charge is 0.325 e. The first-order valence-corrected chi connectivity index (χ1v) is 9.16. The number of nitrogens with one attached hydrogen (secondary N) is 3. The molecule has 0 saturated carbocycles. The highest BCUT2D eigenvalue weighted by atomic mass is 16.4. The number of carbonyl (C=O) groups excluding carboxylic acids is 3. The molecule has 8 N–H and O–H groups in total. The van der Waals surface area contributed by atoms with Crippen molar-refractivity contribution in [3.63, 3.8) is 0 Å². The molecule has 0 radical (unpaired) electrons. The van der Waals surface area contributed by atoms with Crippen LogP contribution in [0, 0.1) is 5.92 Å². The molecular weight excluding hydrogens is 388 g/mol. The molecule has 29 heavy (non-hydrogen) atoms. The molecule has 0 bridgehead atoms. The first kappa shape index (κ1) is 26.3. The van der Waals surface area contributed by atoms with E-state index in [0.29, 0.717) is 6.42 Å². The molecule has 0 aromatic carbocycles. The first-order chi connectivity index (χ1) is 13.4. The number of aliphatic hydroxyl groups excluding tert-OH is 1. The standard InChI is InChI=1S/C17H30N4O8/c1-4-8(2)13(21-14(25)10(18)5-6-12(23)24)16(27)20-11(7-22)15(26)19-9(3)17(28)29/h8-11,13,22H,4-7,18H2,1-3H3,(H,19,26)(H,20,27)(H,21,25)(H,23,24)(H,28,29). The van der Waals surface area contributed by atoms with Gasteiger partial charge in [-0.3, -0.25) is 24.0 Å². The molecule has 5 unspecified atom stereocenters. The van der Waals surface area contributed by atoms with Gasteiger partial charge in [-0.05, 0) is 19.3 Å². The lowest BCUT2D eigenvalue weighted by atomic mass is 9.97. The van der Waals surface area contributed by atoms with Crippen molar-refractivity contribution in [1.29, 1.82) is 0 Å². The van der Waals surface area contributed by atoms with E-state index in [9.17, 15) is 29.1 Å². The van der Waals surface area contributed by atoms with Gasteiger partial charge in [-0.1, -0.05) is 20.3 Å². The Balaban J connectivity index is 5.14. The van der Waals surface area contributed by atoms with Gasteiger partial charge in [0.15, 0.2) is 0 Å². The predicted molar refractivity (Wildman–Crippen MR) is 100 cm³/mol. The van der Waals surface area contributed by atoms with Gasteiger partial charge in [0.05, 0.1) is 12.6 Å². The number of hydrogen-bond acceptors (Lipinski definition) is 7. The number of aliphatic carboxylic acids is 2. The van der Waals surface area contributed by atoms with E-state index >= 15 is 0 Å². The number of carboxylic acid groups (broad SMARTS) is 2. The quantitative estimate of drug-likeness (QED) is 0.172. The highest BCUT2D eigenvalue weighted by Crippen LogP contribution is 2.09. The molecule has 12 heteroatoms. The van der Waals surface area contributed by atoms with Crippen LogP contribution < -0.4 is 21.7 Å². The Morgan fingerprint density at radius 1 is 0.931 bits per heavy atom. The molecule has 5 atom stereocenters. The maximum Gasteiger partial charge on any atom is 0.325 e. The number of carboxylic acids is 2. The highest BCUT2D eigenvalue weighted by Gasteiger charge is 2.31. The summed E-state index contributed by atoms with van der Waals surface area (Å²) in [4.78, 5) is 58.3. The molecule has 0 saturated heterocycles. The number of carbonyl (C=O) groups is 5. The normalized spacial score (nSPS) is 15.9. The Morgan fingerprint density at radius 3 is 1.97 bits per heavy atom. The average molecular weight is 418 g/mol. The van der Waals surface area contributed by atoms with Crippen LogP contribution >= 0.6 is 0 Å². The third-order valence-electron chi connectivity index (χ3n) is 4.34. The summed E-state index contributed by atoms with van der Waals surface area (Å²) < 4.78 is 0. The summed E-state index contributed by atoms with van der Waals surface area (Å²) in [5.74, 6) is -5.17. The van der Waals surface area contributed by atoms with E-state index in [1.807, 2.05) is 0 Å². The van der Waals surface area contributed by atoms with Gasteiger partial charge in [-0.15, -0.1) is 0 Å². The fourth-order valence-electron chi connectivity index (χ4n) is 2.20. The van der Waals surface area contributed by atoms with Crippen molar-refractivity contribution in [1.82, 2.24) is 16.0 Å². The second-order valence-electron chi connectivity index (χ2n) is 6.72. The van der Waals surface area contributed by atoms with Crippen molar-refractivity contribution in [3.8, 4) is 0 Å². The third kappa shape index (κ3) is 9.34. The lowest BCUT2D eigenvalue weighted by molar-refractivity contribution is -0.142. The third-order valence-corrected chi connectivity index (χ3v) is 4.34. The molecule has 0 heterocycles. The zero-order valence-electron chi connectivity index (χ0n) is 16.7. The molecule has 0 aliphatic rings. The Labute approximate surface area is 168 Å². The molecule has 0 aromatic heterocycles. The van der Waals surface area contributed by atoms with Crippen molar-refractivity contribution >= 4 is 29.7 Å². The van der Waals surface area contributed by atoms with Gasteiger partial charge in [0.2, 0.25) is 17.7 Å².